The van der Waals surface area contributed by atoms with Gasteiger partial charge < -0.3 is 5.32 Å². The number of aromatic nitrogens is 3. The molecule has 0 atom stereocenters. The van der Waals surface area contributed by atoms with Crippen molar-refractivity contribution in [2.24, 2.45) is 0 Å². The number of rotatable bonds is 4. The molecule has 1 N–H and O–H groups in total. The van der Waals surface area contributed by atoms with Gasteiger partial charge in [0.2, 0.25) is 16.5 Å². The van der Waals surface area contributed by atoms with E-state index in [9.17, 15) is 10.1 Å². The van der Waals surface area contributed by atoms with Gasteiger partial charge in [-0.1, -0.05) is 12.1 Å². The minimum absolute atomic E-state index is 0.0195. The highest BCUT2D eigenvalue weighted by Crippen LogP contribution is 2.15. The number of nitro groups is 1. The lowest BCUT2D eigenvalue weighted by molar-refractivity contribution is -0.384. The summed E-state index contributed by atoms with van der Waals surface area (Å²) >= 11 is 11.2. The molecule has 2 aromatic rings. The Morgan fingerprint density at radius 3 is 2.53 bits per heavy atom. The predicted octanol–water partition coefficient (Wildman–Crippen LogP) is 2.70. The number of nitrogens with zero attached hydrogens (tertiary/aromatic N) is 4. The molecule has 0 bridgehead atoms. The lowest BCUT2D eigenvalue weighted by Gasteiger charge is -2.05. The molecule has 19 heavy (non-hydrogen) atoms. The minimum atomic E-state index is -0.458. The predicted molar refractivity (Wildman–Crippen MR) is 70.3 cm³/mol. The van der Waals surface area contributed by atoms with Gasteiger partial charge in [-0.3, -0.25) is 10.1 Å². The van der Waals surface area contributed by atoms with E-state index in [1.165, 1.54) is 12.1 Å². The van der Waals surface area contributed by atoms with Gasteiger partial charge in [0.15, 0.2) is 0 Å². The van der Waals surface area contributed by atoms with Crippen molar-refractivity contribution in [3.63, 3.8) is 0 Å². The van der Waals surface area contributed by atoms with E-state index in [1.807, 2.05) is 0 Å². The molecule has 0 saturated carbocycles. The van der Waals surface area contributed by atoms with Crippen molar-refractivity contribution in [2.75, 3.05) is 5.32 Å². The summed E-state index contributed by atoms with van der Waals surface area (Å²) in [7, 11) is 0. The van der Waals surface area contributed by atoms with E-state index in [2.05, 4.69) is 20.3 Å². The van der Waals surface area contributed by atoms with E-state index >= 15 is 0 Å². The van der Waals surface area contributed by atoms with Crippen LogP contribution in [-0.4, -0.2) is 19.9 Å². The number of hydrogen-bond acceptors (Lipinski definition) is 6. The van der Waals surface area contributed by atoms with Crippen molar-refractivity contribution in [2.45, 2.75) is 6.54 Å². The molecule has 1 aromatic carbocycles. The maximum Gasteiger partial charge on any atom is 0.269 e. The van der Waals surface area contributed by atoms with Crippen LogP contribution in [0.15, 0.2) is 24.3 Å². The van der Waals surface area contributed by atoms with Gasteiger partial charge in [0.05, 0.1) is 4.92 Å². The van der Waals surface area contributed by atoms with Crippen LogP contribution in [0.25, 0.3) is 0 Å². The highest BCUT2D eigenvalue weighted by Gasteiger charge is 2.07. The fourth-order valence-electron chi connectivity index (χ4n) is 1.37. The van der Waals surface area contributed by atoms with Crippen LogP contribution < -0.4 is 5.32 Å². The summed E-state index contributed by atoms with van der Waals surface area (Å²) in [6, 6.07) is 6.21. The average Bonchev–Trinajstić information content (AvgIpc) is 2.35. The second kappa shape index (κ2) is 5.77. The highest BCUT2D eigenvalue weighted by atomic mass is 35.5. The fourth-order valence-corrected chi connectivity index (χ4v) is 1.73. The van der Waals surface area contributed by atoms with E-state index in [-0.39, 0.29) is 22.2 Å². The quantitative estimate of drug-likeness (QED) is 0.689. The SMILES string of the molecule is O=[N+]([O-])c1cccc(CNc2nc(Cl)nc(Cl)n2)c1. The Bertz CT molecular complexity index is 602. The molecule has 0 saturated heterocycles. The number of nitro benzene ring substituents is 1. The zero-order chi connectivity index (χ0) is 13.8. The molecule has 0 amide bonds. The molecule has 7 nitrogen and oxygen atoms in total. The third kappa shape index (κ3) is 3.73. The van der Waals surface area contributed by atoms with Gasteiger partial charge >= 0.3 is 0 Å². The first-order chi connectivity index (χ1) is 9.04. The largest absolute Gasteiger partial charge is 0.350 e. The molecule has 0 fully saturated rings. The number of hydrogen-bond donors (Lipinski definition) is 1. The Kier molecular flexibility index (Phi) is 4.08. The Hall–Kier alpha value is -1.99. The average molecular weight is 300 g/mol. The second-order valence-electron chi connectivity index (χ2n) is 3.48. The summed E-state index contributed by atoms with van der Waals surface area (Å²) in [5.74, 6) is 0.205. The number of non-ortho nitro benzene ring substituents is 1. The van der Waals surface area contributed by atoms with Crippen LogP contribution >= 0.6 is 23.2 Å². The van der Waals surface area contributed by atoms with E-state index in [0.717, 1.165) is 0 Å². The van der Waals surface area contributed by atoms with E-state index in [1.54, 1.807) is 12.1 Å². The van der Waals surface area contributed by atoms with Crippen molar-refractivity contribution in [1.82, 2.24) is 15.0 Å². The lowest BCUT2D eigenvalue weighted by Crippen LogP contribution is -2.05. The first kappa shape index (κ1) is 13.4. The van der Waals surface area contributed by atoms with Crippen LogP contribution in [-0.2, 0) is 6.54 Å². The van der Waals surface area contributed by atoms with Crippen molar-refractivity contribution in [3.05, 3.63) is 50.5 Å². The first-order valence-electron chi connectivity index (χ1n) is 5.09. The van der Waals surface area contributed by atoms with E-state index < -0.39 is 4.92 Å². The van der Waals surface area contributed by atoms with Gasteiger partial charge in [0, 0.05) is 18.7 Å². The molecule has 0 aliphatic carbocycles. The lowest BCUT2D eigenvalue weighted by atomic mass is 10.2. The smallest absolute Gasteiger partial charge is 0.269 e. The van der Waals surface area contributed by atoms with Gasteiger partial charge in [-0.05, 0) is 28.8 Å². The van der Waals surface area contributed by atoms with Crippen molar-refractivity contribution >= 4 is 34.8 Å². The van der Waals surface area contributed by atoms with Crippen LogP contribution in [0.4, 0.5) is 11.6 Å². The molecule has 2 rings (SSSR count). The number of halogens is 2. The van der Waals surface area contributed by atoms with Crippen LogP contribution in [0, 0.1) is 10.1 Å². The monoisotopic (exact) mass is 299 g/mol. The molecular formula is C10H7Cl2N5O2. The number of benzene rings is 1. The van der Waals surface area contributed by atoms with Crippen LogP contribution in [0.3, 0.4) is 0 Å². The zero-order valence-electron chi connectivity index (χ0n) is 9.38. The van der Waals surface area contributed by atoms with Crippen LogP contribution in [0.1, 0.15) is 5.56 Å². The maximum atomic E-state index is 10.6. The molecule has 0 aliphatic heterocycles. The van der Waals surface area contributed by atoms with Gasteiger partial charge in [0.25, 0.3) is 5.69 Å². The zero-order valence-corrected chi connectivity index (χ0v) is 10.9. The van der Waals surface area contributed by atoms with Crippen LogP contribution in [0.2, 0.25) is 10.6 Å². The summed E-state index contributed by atoms with van der Waals surface area (Å²) in [4.78, 5) is 21.4. The Morgan fingerprint density at radius 1 is 1.21 bits per heavy atom. The minimum Gasteiger partial charge on any atom is -0.350 e. The third-order valence-corrected chi connectivity index (χ3v) is 2.49. The van der Waals surface area contributed by atoms with Gasteiger partial charge in [-0.25, -0.2) is 0 Å². The van der Waals surface area contributed by atoms with Crippen LogP contribution in [0.5, 0.6) is 0 Å². The maximum absolute atomic E-state index is 10.6. The Balaban J connectivity index is 2.10. The third-order valence-electron chi connectivity index (χ3n) is 2.15. The normalized spacial score (nSPS) is 10.2. The fraction of sp³-hybridized carbons (Fsp3) is 0.100. The molecule has 9 heteroatoms. The molecule has 0 spiro atoms. The molecule has 0 radical (unpaired) electrons. The van der Waals surface area contributed by atoms with E-state index in [4.69, 9.17) is 23.2 Å². The highest BCUT2D eigenvalue weighted by molar-refractivity contribution is 6.31. The van der Waals surface area contributed by atoms with Gasteiger partial charge in [0.1, 0.15) is 0 Å². The Labute approximate surface area is 117 Å². The first-order valence-corrected chi connectivity index (χ1v) is 5.84. The summed E-state index contributed by atoms with van der Waals surface area (Å²) in [6.07, 6.45) is 0. The Morgan fingerprint density at radius 2 is 1.89 bits per heavy atom. The van der Waals surface area contributed by atoms with Crippen molar-refractivity contribution in [3.8, 4) is 0 Å². The molecule has 0 unspecified atom stereocenters. The number of anilines is 1. The second-order valence-corrected chi connectivity index (χ2v) is 4.15. The summed E-state index contributed by atoms with van der Waals surface area (Å²) in [5, 5.41) is 13.4. The van der Waals surface area contributed by atoms with Crippen molar-refractivity contribution < 1.29 is 4.92 Å². The molecule has 1 heterocycles. The molecule has 0 aliphatic rings. The summed E-state index contributed by atoms with van der Waals surface area (Å²) in [6.45, 7) is 0.304. The topological polar surface area (TPSA) is 93.8 Å². The summed E-state index contributed by atoms with van der Waals surface area (Å²) in [5.41, 5.74) is 0.730. The van der Waals surface area contributed by atoms with E-state index in [0.29, 0.717) is 12.1 Å². The molecule has 1 aromatic heterocycles. The molecule has 98 valence electrons. The molecular weight excluding hydrogens is 293 g/mol. The standard InChI is InChI=1S/C10H7Cl2N5O2/c11-8-14-9(12)16-10(15-8)13-5-6-2-1-3-7(4-6)17(18)19/h1-4H,5H2,(H,13,14,15,16). The number of nitrogens with one attached hydrogen (secondary N) is 1. The van der Waals surface area contributed by atoms with Crippen molar-refractivity contribution in [1.29, 1.82) is 0 Å². The van der Waals surface area contributed by atoms with Gasteiger partial charge in [-0.15, -0.1) is 0 Å². The summed E-state index contributed by atoms with van der Waals surface area (Å²) < 4.78 is 0. The van der Waals surface area contributed by atoms with Gasteiger partial charge in [-0.2, -0.15) is 15.0 Å².